The highest BCUT2D eigenvalue weighted by atomic mass is 32.2. The van der Waals surface area contributed by atoms with E-state index < -0.39 is 0 Å². The van der Waals surface area contributed by atoms with Gasteiger partial charge < -0.3 is 0 Å². The van der Waals surface area contributed by atoms with Crippen molar-refractivity contribution in [3.63, 3.8) is 0 Å². The molecule has 316 valence electrons. The van der Waals surface area contributed by atoms with Crippen molar-refractivity contribution in [2.45, 2.75) is 115 Å². The van der Waals surface area contributed by atoms with Gasteiger partial charge in [-0.05, 0) is 143 Å². The number of fused-ring (bicyclic) bond motifs is 4. The van der Waals surface area contributed by atoms with Crippen LogP contribution < -0.4 is 0 Å². The van der Waals surface area contributed by atoms with Gasteiger partial charge in [0.2, 0.25) is 0 Å². The molecule has 2 atom stereocenters. The molecule has 2 nitrogen and oxygen atoms in total. The van der Waals surface area contributed by atoms with Crippen molar-refractivity contribution < 1.29 is 0 Å². The third kappa shape index (κ3) is 9.13. The Balaban J connectivity index is 0.800. The highest BCUT2D eigenvalue weighted by Gasteiger charge is 2.34. The fourth-order valence-corrected chi connectivity index (χ4v) is 13.6. The van der Waals surface area contributed by atoms with Gasteiger partial charge in [-0.25, -0.2) is 0 Å². The summed E-state index contributed by atoms with van der Waals surface area (Å²) in [7, 11) is 0. The normalized spacial score (nSPS) is 21.2. The van der Waals surface area contributed by atoms with E-state index in [1.807, 2.05) is 0 Å². The summed E-state index contributed by atoms with van der Waals surface area (Å²) in [5.74, 6) is 4.39. The zero-order chi connectivity index (χ0) is 40.8. The largest absolute Gasteiger partial charge is 0.299 e. The third-order valence-electron chi connectivity index (χ3n) is 15.8. The summed E-state index contributed by atoms with van der Waals surface area (Å²) in [6.45, 7) is 4.86. The van der Waals surface area contributed by atoms with E-state index in [9.17, 15) is 0 Å². The molecule has 0 N–H and O–H groups in total. The topological polar surface area (TPSA) is 6.48 Å². The van der Waals surface area contributed by atoms with E-state index in [1.165, 1.54) is 196 Å². The van der Waals surface area contributed by atoms with Crippen molar-refractivity contribution in [2.75, 3.05) is 37.7 Å². The molecule has 2 saturated carbocycles. The van der Waals surface area contributed by atoms with Crippen LogP contribution in [-0.4, -0.2) is 59.6 Å². The zero-order valence-corrected chi connectivity index (χ0v) is 37.5. The first-order valence-electron chi connectivity index (χ1n) is 24.5. The monoisotopic (exact) mass is 825 g/mol. The molecule has 3 heteroatoms. The lowest BCUT2D eigenvalue weighted by molar-refractivity contribution is 0.105. The molecular weight excluding hydrogens is 757 g/mol. The Kier molecular flexibility index (Phi) is 13.3. The average molecular weight is 825 g/mol. The van der Waals surface area contributed by atoms with E-state index in [1.54, 1.807) is 11.1 Å². The van der Waals surface area contributed by atoms with E-state index in [0.717, 1.165) is 23.9 Å². The van der Waals surface area contributed by atoms with Crippen LogP contribution in [0.2, 0.25) is 0 Å². The van der Waals surface area contributed by atoms with Gasteiger partial charge in [0, 0.05) is 38.3 Å². The lowest BCUT2D eigenvalue weighted by atomic mass is 9.80. The van der Waals surface area contributed by atoms with Gasteiger partial charge in [0.25, 0.3) is 0 Å². The van der Waals surface area contributed by atoms with Crippen LogP contribution in [-0.2, 0) is 0 Å². The van der Waals surface area contributed by atoms with Gasteiger partial charge in [-0.3, -0.25) is 9.80 Å². The Morgan fingerprint density at radius 2 is 0.721 bits per heavy atom. The van der Waals surface area contributed by atoms with Gasteiger partial charge in [-0.15, -0.1) is 0 Å². The summed E-state index contributed by atoms with van der Waals surface area (Å²) in [5.41, 5.74) is 17.5. The molecule has 0 spiro atoms. The Morgan fingerprint density at radius 1 is 0.410 bits per heavy atom. The van der Waals surface area contributed by atoms with Crippen molar-refractivity contribution in [1.82, 2.24) is 9.80 Å². The molecule has 2 heterocycles. The molecule has 4 fully saturated rings. The maximum absolute atomic E-state index is 2.97. The van der Waals surface area contributed by atoms with Crippen LogP contribution in [0.1, 0.15) is 147 Å². The molecule has 0 aromatic heterocycles. The van der Waals surface area contributed by atoms with Crippen LogP contribution in [0, 0.1) is 11.8 Å². The van der Waals surface area contributed by atoms with Crippen molar-refractivity contribution in [3.05, 3.63) is 153 Å². The Morgan fingerprint density at radius 3 is 1.05 bits per heavy atom. The number of benzene rings is 4. The lowest BCUT2D eigenvalue weighted by Gasteiger charge is -2.42. The highest BCUT2D eigenvalue weighted by molar-refractivity contribution is 7.99. The Bertz CT molecular complexity index is 1980. The van der Waals surface area contributed by atoms with Crippen LogP contribution in [0.15, 0.2) is 108 Å². The zero-order valence-electron chi connectivity index (χ0n) is 36.7. The van der Waals surface area contributed by atoms with E-state index in [2.05, 4.69) is 143 Å². The van der Waals surface area contributed by atoms with Crippen molar-refractivity contribution in [2.24, 2.45) is 11.8 Å². The first-order chi connectivity index (χ1) is 30.3. The molecule has 2 unspecified atom stereocenters. The van der Waals surface area contributed by atoms with Crippen LogP contribution in [0.3, 0.4) is 0 Å². The van der Waals surface area contributed by atoms with Crippen molar-refractivity contribution in [1.29, 1.82) is 0 Å². The molecule has 0 radical (unpaired) electrons. The minimum atomic E-state index is 0.742. The highest BCUT2D eigenvalue weighted by Crippen LogP contribution is 2.43. The van der Waals surface area contributed by atoms with Gasteiger partial charge in [0.05, 0.1) is 0 Å². The smallest absolute Gasteiger partial charge is 0.0132 e. The van der Waals surface area contributed by atoms with E-state index >= 15 is 0 Å². The summed E-state index contributed by atoms with van der Waals surface area (Å²) in [5, 5.41) is 0. The molecule has 2 aliphatic heterocycles. The first-order valence-corrected chi connectivity index (χ1v) is 25.7. The number of piperidine rings is 2. The number of thioether (sulfide) groups is 1. The molecule has 4 aromatic carbocycles. The van der Waals surface area contributed by atoms with E-state index in [-0.39, 0.29) is 0 Å². The summed E-state index contributed by atoms with van der Waals surface area (Å²) < 4.78 is 0. The van der Waals surface area contributed by atoms with Gasteiger partial charge in [-0.2, -0.15) is 11.8 Å². The Labute approximate surface area is 372 Å². The second-order valence-electron chi connectivity index (χ2n) is 19.2. The molecule has 6 aliphatic rings. The Hall–Kier alpha value is -3.89. The number of hydrogen-bond donors (Lipinski definition) is 0. The fourth-order valence-electron chi connectivity index (χ4n) is 12.6. The molecule has 61 heavy (non-hydrogen) atoms. The predicted molar refractivity (Wildman–Crippen MR) is 265 cm³/mol. The van der Waals surface area contributed by atoms with Crippen LogP contribution in [0.25, 0.3) is 35.5 Å². The van der Waals surface area contributed by atoms with Crippen LogP contribution >= 0.6 is 11.8 Å². The molecule has 4 aliphatic carbocycles. The molecule has 0 bridgehead atoms. The number of nitrogens with zero attached hydrogens (tertiary/aromatic N) is 2. The summed E-state index contributed by atoms with van der Waals surface area (Å²) >= 11 is 2.30. The van der Waals surface area contributed by atoms with Gasteiger partial charge in [0.1, 0.15) is 0 Å². The van der Waals surface area contributed by atoms with Crippen LogP contribution in [0.4, 0.5) is 0 Å². The number of hydrogen-bond acceptors (Lipinski definition) is 3. The second-order valence-corrected chi connectivity index (χ2v) is 20.4. The van der Waals surface area contributed by atoms with Gasteiger partial charge >= 0.3 is 0 Å². The van der Waals surface area contributed by atoms with E-state index in [4.69, 9.17) is 0 Å². The standard InChI is InChI=1S/C58H68N2S/c1-3-19-47(20-4-1)55(59-37-31-49(32-38-59)57-51-23-11-7-15-43(51)27-28-44-16-8-12-24-52(44)57)35-41-61-42-36-56(48-21-5-2-6-22-48)60-39-33-50(34-40-60)58-53-25-13-9-17-45(53)29-30-46-18-10-14-26-54(46)58/h7-18,23-30,47-48,55-56H,1-6,19-22,31-42H2. The lowest BCUT2D eigenvalue weighted by Crippen LogP contribution is -2.45. The third-order valence-corrected chi connectivity index (χ3v) is 16.8. The first kappa shape index (κ1) is 41.1. The summed E-state index contributed by atoms with van der Waals surface area (Å²) in [6, 6.07) is 37.9. The molecular formula is C58H68N2S. The molecule has 2 saturated heterocycles. The second kappa shape index (κ2) is 19.7. The fraction of sp³-hybridized carbons (Fsp3) is 0.448. The minimum Gasteiger partial charge on any atom is -0.299 e. The van der Waals surface area contributed by atoms with Crippen molar-refractivity contribution in [3.8, 4) is 0 Å². The maximum Gasteiger partial charge on any atom is 0.0132 e. The van der Waals surface area contributed by atoms with Crippen LogP contribution in [0.5, 0.6) is 0 Å². The quantitative estimate of drug-likeness (QED) is 0.127. The SMILES string of the molecule is C1=Cc2ccccc2C(=C2CCN(C(CCSCCC(C3CCCCC3)N3CCC(=C4c5ccccc5C=Cc5ccccc54)CC3)C3CCCCC3)CC2)c2ccccc21. The van der Waals surface area contributed by atoms with Crippen molar-refractivity contribution >= 4 is 47.2 Å². The molecule has 10 rings (SSSR count). The van der Waals surface area contributed by atoms with Gasteiger partial charge in [-0.1, -0.05) is 171 Å². The predicted octanol–water partition coefficient (Wildman–Crippen LogP) is 14.6. The maximum atomic E-state index is 2.97. The molecule has 0 amide bonds. The van der Waals surface area contributed by atoms with Gasteiger partial charge in [0.15, 0.2) is 0 Å². The number of rotatable bonds is 10. The number of likely N-dealkylation sites (tertiary alicyclic amines) is 2. The summed E-state index contributed by atoms with van der Waals surface area (Å²) in [6.07, 6.45) is 31.2. The van der Waals surface area contributed by atoms with E-state index in [0.29, 0.717) is 0 Å². The average Bonchev–Trinajstić information content (AvgIpc) is 3.61. The minimum absolute atomic E-state index is 0.742. The summed E-state index contributed by atoms with van der Waals surface area (Å²) in [4.78, 5) is 5.94. The molecule has 4 aromatic rings.